The second-order valence-corrected chi connectivity index (χ2v) is 3.36. The molecular formula is C8H10BrFN2. The monoisotopic (exact) mass is 232 g/mol. The van der Waals surface area contributed by atoms with Gasteiger partial charge in [-0.25, -0.2) is 4.39 Å². The minimum atomic E-state index is -0.340. The fourth-order valence-electron chi connectivity index (χ4n) is 0.975. The Bertz CT molecular complexity index is 289. The third kappa shape index (κ3) is 1.95. The molecule has 0 aliphatic heterocycles. The molecule has 0 fully saturated rings. The molecule has 0 spiro atoms. The first-order chi connectivity index (χ1) is 5.65. The highest BCUT2D eigenvalue weighted by molar-refractivity contribution is 9.10. The van der Waals surface area contributed by atoms with E-state index in [1.54, 1.807) is 6.07 Å². The molecule has 0 atom stereocenters. The quantitative estimate of drug-likeness (QED) is 0.763. The molecule has 0 aliphatic rings. The SMILES string of the molecule is NCCc1cc(Br)c(F)cc1N. The Morgan fingerprint density at radius 2 is 2.08 bits per heavy atom. The van der Waals surface area contributed by atoms with Crippen molar-refractivity contribution in [2.24, 2.45) is 5.73 Å². The van der Waals surface area contributed by atoms with Gasteiger partial charge in [0, 0.05) is 5.69 Å². The van der Waals surface area contributed by atoms with E-state index < -0.39 is 0 Å². The zero-order chi connectivity index (χ0) is 9.14. The summed E-state index contributed by atoms with van der Waals surface area (Å²) in [7, 11) is 0. The fraction of sp³-hybridized carbons (Fsp3) is 0.250. The van der Waals surface area contributed by atoms with Crippen LogP contribution in [0.15, 0.2) is 16.6 Å². The summed E-state index contributed by atoms with van der Waals surface area (Å²) >= 11 is 3.08. The van der Waals surface area contributed by atoms with Crippen molar-refractivity contribution in [2.75, 3.05) is 12.3 Å². The predicted molar refractivity (Wildman–Crippen MR) is 51.3 cm³/mol. The third-order valence-electron chi connectivity index (χ3n) is 1.60. The molecule has 0 saturated heterocycles. The molecule has 0 bridgehead atoms. The summed E-state index contributed by atoms with van der Waals surface area (Å²) in [6.07, 6.45) is 0.671. The smallest absolute Gasteiger partial charge is 0.139 e. The number of nitrogens with two attached hydrogens (primary N) is 2. The van der Waals surface area contributed by atoms with Crippen LogP contribution in [0.25, 0.3) is 0 Å². The Balaban J connectivity index is 3.05. The summed E-state index contributed by atoms with van der Waals surface area (Å²) in [4.78, 5) is 0. The summed E-state index contributed by atoms with van der Waals surface area (Å²) in [5, 5.41) is 0. The zero-order valence-electron chi connectivity index (χ0n) is 6.48. The van der Waals surface area contributed by atoms with Gasteiger partial charge >= 0.3 is 0 Å². The summed E-state index contributed by atoms with van der Waals surface area (Å²) in [5.41, 5.74) is 12.3. The highest BCUT2D eigenvalue weighted by Gasteiger charge is 2.04. The van der Waals surface area contributed by atoms with Gasteiger partial charge in [-0.15, -0.1) is 0 Å². The molecule has 1 rings (SSSR count). The maximum Gasteiger partial charge on any atom is 0.139 e. The number of hydrogen-bond acceptors (Lipinski definition) is 2. The number of anilines is 1. The molecule has 0 aromatic heterocycles. The standard InChI is InChI=1S/C8H10BrFN2/c9-6-3-5(1-2-11)8(12)4-7(6)10/h3-4H,1-2,11-12H2. The molecule has 2 nitrogen and oxygen atoms in total. The molecule has 0 amide bonds. The molecule has 66 valence electrons. The third-order valence-corrected chi connectivity index (χ3v) is 2.20. The molecular weight excluding hydrogens is 223 g/mol. The van der Waals surface area contributed by atoms with E-state index in [9.17, 15) is 4.39 Å². The van der Waals surface area contributed by atoms with Crippen molar-refractivity contribution in [1.29, 1.82) is 0 Å². The summed E-state index contributed by atoms with van der Waals surface area (Å²) in [6.45, 7) is 0.516. The molecule has 4 heteroatoms. The van der Waals surface area contributed by atoms with Crippen LogP contribution in [0.1, 0.15) is 5.56 Å². The number of rotatable bonds is 2. The summed E-state index contributed by atoms with van der Waals surface area (Å²) < 4.78 is 13.3. The van der Waals surface area contributed by atoms with E-state index in [1.165, 1.54) is 6.07 Å². The van der Waals surface area contributed by atoms with E-state index in [1.807, 2.05) is 0 Å². The van der Waals surface area contributed by atoms with Crippen molar-refractivity contribution in [3.05, 3.63) is 28.0 Å². The number of nitrogen functional groups attached to an aromatic ring is 1. The van der Waals surface area contributed by atoms with Gasteiger partial charge in [-0.05, 0) is 46.6 Å². The van der Waals surface area contributed by atoms with E-state index in [0.717, 1.165) is 5.56 Å². The van der Waals surface area contributed by atoms with Crippen LogP contribution in [0, 0.1) is 5.82 Å². The maximum absolute atomic E-state index is 12.8. The van der Waals surface area contributed by atoms with Gasteiger partial charge < -0.3 is 11.5 Å². The van der Waals surface area contributed by atoms with E-state index >= 15 is 0 Å². The molecule has 1 aromatic rings. The molecule has 0 aliphatic carbocycles. The number of hydrogen-bond donors (Lipinski definition) is 2. The van der Waals surface area contributed by atoms with Crippen molar-refractivity contribution in [3.63, 3.8) is 0 Å². The van der Waals surface area contributed by atoms with Crippen LogP contribution in [0.5, 0.6) is 0 Å². The van der Waals surface area contributed by atoms with Gasteiger partial charge in [0.15, 0.2) is 0 Å². The minimum Gasteiger partial charge on any atom is -0.398 e. The van der Waals surface area contributed by atoms with E-state index in [-0.39, 0.29) is 5.82 Å². The van der Waals surface area contributed by atoms with Crippen molar-refractivity contribution in [2.45, 2.75) is 6.42 Å². The fourth-order valence-corrected chi connectivity index (χ4v) is 1.37. The Labute approximate surface area is 78.9 Å². The molecule has 1 aromatic carbocycles. The topological polar surface area (TPSA) is 52.0 Å². The van der Waals surface area contributed by atoms with Crippen molar-refractivity contribution in [3.8, 4) is 0 Å². The van der Waals surface area contributed by atoms with Gasteiger partial charge in [-0.3, -0.25) is 0 Å². The average molecular weight is 233 g/mol. The van der Waals surface area contributed by atoms with Crippen molar-refractivity contribution >= 4 is 21.6 Å². The number of benzene rings is 1. The molecule has 12 heavy (non-hydrogen) atoms. The van der Waals surface area contributed by atoms with Crippen LogP contribution >= 0.6 is 15.9 Å². The van der Waals surface area contributed by atoms with Crippen LogP contribution in [0.4, 0.5) is 10.1 Å². The Morgan fingerprint density at radius 1 is 1.42 bits per heavy atom. The normalized spacial score (nSPS) is 10.2. The molecule has 4 N–H and O–H groups in total. The molecule has 0 saturated carbocycles. The second kappa shape index (κ2) is 3.87. The van der Waals surface area contributed by atoms with Crippen LogP contribution in [0.2, 0.25) is 0 Å². The van der Waals surface area contributed by atoms with Crippen LogP contribution < -0.4 is 11.5 Å². The van der Waals surface area contributed by atoms with Crippen molar-refractivity contribution in [1.82, 2.24) is 0 Å². The predicted octanol–water partition coefficient (Wildman–Crippen LogP) is 1.67. The van der Waals surface area contributed by atoms with Gasteiger partial charge in [-0.2, -0.15) is 0 Å². The van der Waals surface area contributed by atoms with Crippen LogP contribution in [-0.4, -0.2) is 6.54 Å². The Kier molecular flexibility index (Phi) is 3.05. The van der Waals surface area contributed by atoms with Gasteiger partial charge in [0.1, 0.15) is 5.82 Å². The van der Waals surface area contributed by atoms with Crippen LogP contribution in [0.3, 0.4) is 0 Å². The maximum atomic E-state index is 12.8. The molecule has 0 unspecified atom stereocenters. The lowest BCUT2D eigenvalue weighted by Gasteiger charge is -2.05. The summed E-state index contributed by atoms with van der Waals surface area (Å²) in [6, 6.07) is 2.96. The van der Waals surface area contributed by atoms with Crippen LogP contribution in [-0.2, 0) is 6.42 Å². The van der Waals surface area contributed by atoms with E-state index in [0.29, 0.717) is 23.1 Å². The van der Waals surface area contributed by atoms with Crippen molar-refractivity contribution < 1.29 is 4.39 Å². The first kappa shape index (κ1) is 9.48. The summed E-state index contributed by atoms with van der Waals surface area (Å²) in [5.74, 6) is -0.340. The largest absolute Gasteiger partial charge is 0.398 e. The van der Waals surface area contributed by atoms with E-state index in [4.69, 9.17) is 11.5 Å². The highest BCUT2D eigenvalue weighted by atomic mass is 79.9. The lowest BCUT2D eigenvalue weighted by Crippen LogP contribution is -2.05. The highest BCUT2D eigenvalue weighted by Crippen LogP contribution is 2.22. The molecule has 0 heterocycles. The van der Waals surface area contributed by atoms with Gasteiger partial charge in [0.05, 0.1) is 4.47 Å². The first-order valence-corrected chi connectivity index (χ1v) is 4.38. The lowest BCUT2D eigenvalue weighted by atomic mass is 10.1. The first-order valence-electron chi connectivity index (χ1n) is 3.58. The van der Waals surface area contributed by atoms with E-state index in [2.05, 4.69) is 15.9 Å². The van der Waals surface area contributed by atoms with Gasteiger partial charge in [0.2, 0.25) is 0 Å². The number of halogens is 2. The zero-order valence-corrected chi connectivity index (χ0v) is 8.07. The molecule has 0 radical (unpaired) electrons. The van der Waals surface area contributed by atoms with Gasteiger partial charge in [0.25, 0.3) is 0 Å². The Hall–Kier alpha value is -0.610. The average Bonchev–Trinajstić information content (AvgIpc) is 2.01. The minimum absolute atomic E-state index is 0.340. The second-order valence-electron chi connectivity index (χ2n) is 2.50. The van der Waals surface area contributed by atoms with Gasteiger partial charge in [-0.1, -0.05) is 0 Å². The Morgan fingerprint density at radius 3 is 2.67 bits per heavy atom. The lowest BCUT2D eigenvalue weighted by molar-refractivity contribution is 0.621.